The molecule has 6 heteroatoms. The summed E-state index contributed by atoms with van der Waals surface area (Å²) in [6.45, 7) is 0.893. The summed E-state index contributed by atoms with van der Waals surface area (Å²) in [5.41, 5.74) is 5.82. The Morgan fingerprint density at radius 3 is 2.75 bits per heavy atom. The number of hydrogen-bond donors (Lipinski definition) is 2. The predicted octanol–water partition coefficient (Wildman–Crippen LogP) is 3.43. The zero-order valence-electron chi connectivity index (χ0n) is 14.0. The molecule has 1 amide bonds. The Morgan fingerprint density at radius 2 is 2.08 bits per heavy atom. The van der Waals surface area contributed by atoms with Crippen LogP contribution in [-0.2, 0) is 4.79 Å². The number of rotatable bonds is 8. The second kappa shape index (κ2) is 11.3. The molecule has 1 atom stereocenters. The van der Waals surface area contributed by atoms with Gasteiger partial charge in [0.25, 0.3) is 0 Å². The lowest BCUT2D eigenvalue weighted by atomic mass is 9.84. The standard InChI is InChI=1S/C18H27FN2O2.ClH/c19-15-8-4-9-16(12-15)23-11-5-10-18(22)21-17(13-20)14-6-2-1-3-7-14;/h4,8-9,12,14,17H,1-3,5-7,10-11,13,20H2,(H,21,22);1H. The van der Waals surface area contributed by atoms with Crippen molar-refractivity contribution in [3.8, 4) is 5.75 Å². The maximum atomic E-state index is 13.0. The zero-order valence-corrected chi connectivity index (χ0v) is 14.8. The van der Waals surface area contributed by atoms with E-state index >= 15 is 0 Å². The molecule has 1 aliphatic carbocycles. The molecule has 0 radical (unpaired) electrons. The molecular formula is C18H28ClFN2O2. The van der Waals surface area contributed by atoms with Gasteiger partial charge in [-0.15, -0.1) is 12.4 Å². The third kappa shape index (κ3) is 7.05. The molecule has 24 heavy (non-hydrogen) atoms. The van der Waals surface area contributed by atoms with E-state index in [4.69, 9.17) is 10.5 Å². The minimum absolute atomic E-state index is 0. The summed E-state index contributed by atoms with van der Waals surface area (Å²) >= 11 is 0. The van der Waals surface area contributed by atoms with E-state index in [0.29, 0.717) is 37.7 Å². The van der Waals surface area contributed by atoms with Crippen molar-refractivity contribution in [2.45, 2.75) is 51.0 Å². The van der Waals surface area contributed by atoms with Gasteiger partial charge in [-0.05, 0) is 37.3 Å². The van der Waals surface area contributed by atoms with Gasteiger partial charge in [-0.3, -0.25) is 4.79 Å². The van der Waals surface area contributed by atoms with Crippen LogP contribution in [0.1, 0.15) is 44.9 Å². The van der Waals surface area contributed by atoms with E-state index in [9.17, 15) is 9.18 Å². The van der Waals surface area contributed by atoms with E-state index in [0.717, 1.165) is 12.8 Å². The fraction of sp³-hybridized carbons (Fsp3) is 0.611. The van der Waals surface area contributed by atoms with Crippen LogP contribution in [0.4, 0.5) is 4.39 Å². The Morgan fingerprint density at radius 1 is 1.33 bits per heavy atom. The zero-order chi connectivity index (χ0) is 16.5. The van der Waals surface area contributed by atoms with E-state index in [1.54, 1.807) is 12.1 Å². The van der Waals surface area contributed by atoms with Crippen molar-refractivity contribution in [1.82, 2.24) is 5.32 Å². The molecule has 0 spiro atoms. The van der Waals surface area contributed by atoms with Crippen molar-refractivity contribution in [1.29, 1.82) is 0 Å². The summed E-state index contributed by atoms with van der Waals surface area (Å²) < 4.78 is 18.4. The average Bonchev–Trinajstić information content (AvgIpc) is 2.57. The van der Waals surface area contributed by atoms with Crippen LogP contribution in [0.2, 0.25) is 0 Å². The molecule has 0 aromatic heterocycles. The van der Waals surface area contributed by atoms with Crippen LogP contribution in [-0.4, -0.2) is 25.1 Å². The molecule has 0 saturated heterocycles. The van der Waals surface area contributed by atoms with Crippen molar-refractivity contribution >= 4 is 18.3 Å². The molecule has 0 bridgehead atoms. The van der Waals surface area contributed by atoms with Crippen LogP contribution in [0.25, 0.3) is 0 Å². The minimum atomic E-state index is -0.321. The molecule has 0 heterocycles. The second-order valence-electron chi connectivity index (χ2n) is 6.22. The Bertz CT molecular complexity index is 496. The highest BCUT2D eigenvalue weighted by Crippen LogP contribution is 2.26. The summed E-state index contributed by atoms with van der Waals surface area (Å²) in [7, 11) is 0. The van der Waals surface area contributed by atoms with Gasteiger partial charge < -0.3 is 15.8 Å². The molecule has 1 aliphatic rings. The summed E-state index contributed by atoms with van der Waals surface area (Å²) in [5.74, 6) is 0.709. The van der Waals surface area contributed by atoms with Gasteiger partial charge in [0.2, 0.25) is 5.91 Å². The fourth-order valence-electron chi connectivity index (χ4n) is 3.16. The molecule has 136 valence electrons. The van der Waals surface area contributed by atoms with Crippen molar-refractivity contribution in [3.05, 3.63) is 30.1 Å². The first-order chi connectivity index (χ1) is 11.2. The first-order valence-corrected chi connectivity index (χ1v) is 8.57. The molecule has 4 nitrogen and oxygen atoms in total. The van der Waals surface area contributed by atoms with Gasteiger partial charge in [-0.25, -0.2) is 4.39 Å². The van der Waals surface area contributed by atoms with E-state index in [2.05, 4.69) is 5.32 Å². The predicted molar refractivity (Wildman–Crippen MR) is 95.9 cm³/mol. The number of halogens is 2. The maximum absolute atomic E-state index is 13.0. The van der Waals surface area contributed by atoms with Crippen LogP contribution < -0.4 is 15.8 Å². The smallest absolute Gasteiger partial charge is 0.220 e. The SMILES string of the molecule is Cl.NCC(NC(=O)CCCOc1cccc(F)c1)C1CCCCC1. The summed E-state index contributed by atoms with van der Waals surface area (Å²) in [5, 5.41) is 3.06. The Balaban J connectivity index is 0.00000288. The second-order valence-corrected chi connectivity index (χ2v) is 6.22. The number of benzene rings is 1. The average molecular weight is 359 g/mol. The van der Waals surface area contributed by atoms with Gasteiger partial charge in [0.15, 0.2) is 0 Å². The largest absolute Gasteiger partial charge is 0.493 e. The normalized spacial score (nSPS) is 16.1. The highest BCUT2D eigenvalue weighted by molar-refractivity contribution is 5.85. The number of amides is 1. The molecule has 1 aromatic rings. The third-order valence-electron chi connectivity index (χ3n) is 4.43. The van der Waals surface area contributed by atoms with Gasteiger partial charge in [0.05, 0.1) is 6.61 Å². The van der Waals surface area contributed by atoms with Gasteiger partial charge in [-0.2, -0.15) is 0 Å². The van der Waals surface area contributed by atoms with Gasteiger partial charge in [0.1, 0.15) is 11.6 Å². The molecule has 1 unspecified atom stereocenters. The van der Waals surface area contributed by atoms with Crippen LogP contribution in [0.3, 0.4) is 0 Å². The Kier molecular flexibility index (Phi) is 9.72. The number of ether oxygens (including phenoxy) is 1. The van der Waals surface area contributed by atoms with Gasteiger partial charge in [0, 0.05) is 25.1 Å². The van der Waals surface area contributed by atoms with E-state index < -0.39 is 0 Å². The fourth-order valence-corrected chi connectivity index (χ4v) is 3.16. The quantitative estimate of drug-likeness (QED) is 0.700. The lowest BCUT2D eigenvalue weighted by Crippen LogP contribution is -2.45. The molecule has 1 fully saturated rings. The molecule has 1 aromatic carbocycles. The van der Waals surface area contributed by atoms with Crippen molar-refractivity contribution in [2.75, 3.05) is 13.2 Å². The lowest BCUT2D eigenvalue weighted by Gasteiger charge is -2.30. The summed E-state index contributed by atoms with van der Waals surface area (Å²) in [6.07, 6.45) is 7.08. The van der Waals surface area contributed by atoms with Gasteiger partial charge >= 0.3 is 0 Å². The lowest BCUT2D eigenvalue weighted by molar-refractivity contribution is -0.122. The Hall–Kier alpha value is -1.33. The number of hydrogen-bond acceptors (Lipinski definition) is 3. The van der Waals surface area contributed by atoms with Crippen molar-refractivity contribution in [3.63, 3.8) is 0 Å². The van der Waals surface area contributed by atoms with Crippen LogP contribution in [0, 0.1) is 11.7 Å². The van der Waals surface area contributed by atoms with Gasteiger partial charge in [-0.1, -0.05) is 25.3 Å². The number of nitrogens with one attached hydrogen (secondary N) is 1. The molecular weight excluding hydrogens is 331 g/mol. The van der Waals surface area contributed by atoms with E-state index in [-0.39, 0.29) is 30.2 Å². The highest BCUT2D eigenvalue weighted by atomic mass is 35.5. The van der Waals surface area contributed by atoms with Crippen LogP contribution in [0.5, 0.6) is 5.75 Å². The number of nitrogens with two attached hydrogens (primary N) is 1. The summed E-state index contributed by atoms with van der Waals surface area (Å²) in [4.78, 5) is 12.0. The minimum Gasteiger partial charge on any atom is -0.493 e. The van der Waals surface area contributed by atoms with E-state index in [1.807, 2.05) is 0 Å². The third-order valence-corrected chi connectivity index (χ3v) is 4.43. The Labute approximate surface area is 149 Å². The maximum Gasteiger partial charge on any atom is 0.220 e. The molecule has 0 aliphatic heterocycles. The van der Waals surface area contributed by atoms with Crippen molar-refractivity contribution in [2.24, 2.45) is 11.7 Å². The summed E-state index contributed by atoms with van der Waals surface area (Å²) in [6, 6.07) is 6.11. The number of carbonyl (C=O) groups excluding carboxylic acids is 1. The van der Waals surface area contributed by atoms with Crippen LogP contribution in [0.15, 0.2) is 24.3 Å². The highest BCUT2D eigenvalue weighted by Gasteiger charge is 2.23. The monoisotopic (exact) mass is 358 g/mol. The molecule has 3 N–H and O–H groups in total. The first-order valence-electron chi connectivity index (χ1n) is 8.57. The van der Waals surface area contributed by atoms with Crippen LogP contribution >= 0.6 is 12.4 Å². The number of carbonyl (C=O) groups is 1. The molecule has 2 rings (SSSR count). The molecule has 1 saturated carbocycles. The first kappa shape index (κ1) is 20.7. The van der Waals surface area contributed by atoms with E-state index in [1.165, 1.54) is 31.4 Å². The van der Waals surface area contributed by atoms with Crippen molar-refractivity contribution < 1.29 is 13.9 Å². The topological polar surface area (TPSA) is 64.3 Å².